The Balaban J connectivity index is 2.06. The van der Waals surface area contributed by atoms with E-state index in [0.29, 0.717) is 0 Å². The highest BCUT2D eigenvalue weighted by Gasteiger charge is 2.23. The molecule has 1 amide bonds. The molecule has 0 saturated heterocycles. The zero-order chi connectivity index (χ0) is 13.7. The van der Waals surface area contributed by atoms with Gasteiger partial charge in [0.25, 0.3) is 5.91 Å². The Labute approximate surface area is 108 Å². The number of ether oxygens (including phenoxy) is 1. The first-order valence-corrected chi connectivity index (χ1v) is 5.46. The van der Waals surface area contributed by atoms with Crippen molar-refractivity contribution in [1.29, 1.82) is 0 Å². The Morgan fingerprint density at radius 2 is 2.37 bits per heavy atom. The van der Waals surface area contributed by atoms with Gasteiger partial charge in [0, 0.05) is 18.5 Å². The summed E-state index contributed by atoms with van der Waals surface area (Å²) < 4.78 is 11.0. The van der Waals surface area contributed by atoms with Gasteiger partial charge in [0.1, 0.15) is 6.04 Å². The van der Waals surface area contributed by atoms with Crippen LogP contribution in [0.2, 0.25) is 0 Å². The van der Waals surface area contributed by atoms with Crippen LogP contribution in [0.1, 0.15) is 10.6 Å². The number of aromatic nitrogens is 3. The first kappa shape index (κ1) is 12.8. The maximum atomic E-state index is 11.8. The van der Waals surface area contributed by atoms with Crippen LogP contribution in [0.5, 0.6) is 0 Å². The third-order valence-corrected chi connectivity index (χ3v) is 2.41. The van der Waals surface area contributed by atoms with Crippen LogP contribution in [0, 0.1) is 0 Å². The Morgan fingerprint density at radius 1 is 1.53 bits per heavy atom. The van der Waals surface area contributed by atoms with Gasteiger partial charge in [-0.2, -0.15) is 0 Å². The molecule has 0 bridgehead atoms. The summed E-state index contributed by atoms with van der Waals surface area (Å²) in [4.78, 5) is 27.3. The van der Waals surface area contributed by atoms with Crippen molar-refractivity contribution >= 4 is 11.9 Å². The first-order chi connectivity index (χ1) is 9.20. The highest BCUT2D eigenvalue weighted by molar-refractivity contribution is 5.94. The molecule has 0 radical (unpaired) electrons. The fourth-order valence-corrected chi connectivity index (χ4v) is 1.49. The van der Waals surface area contributed by atoms with Crippen LogP contribution in [0.4, 0.5) is 0 Å². The van der Waals surface area contributed by atoms with E-state index in [9.17, 15) is 9.59 Å². The number of carbonyl (C=O) groups excluding carboxylic acids is 2. The summed E-state index contributed by atoms with van der Waals surface area (Å²) in [5, 5.41) is 5.94. The van der Waals surface area contributed by atoms with Crippen molar-refractivity contribution in [2.24, 2.45) is 0 Å². The lowest BCUT2D eigenvalue weighted by Gasteiger charge is -2.15. The lowest BCUT2D eigenvalue weighted by atomic mass is 10.2. The number of hydrogen-bond acceptors (Lipinski definition) is 6. The van der Waals surface area contributed by atoms with Gasteiger partial charge in [0.15, 0.2) is 0 Å². The molecule has 0 saturated carbocycles. The molecule has 0 spiro atoms. The van der Waals surface area contributed by atoms with Crippen LogP contribution in [0.3, 0.4) is 0 Å². The number of imidazole rings is 1. The van der Waals surface area contributed by atoms with Crippen LogP contribution in [-0.4, -0.2) is 39.7 Å². The van der Waals surface area contributed by atoms with E-state index in [2.05, 4.69) is 20.2 Å². The maximum absolute atomic E-state index is 11.8. The number of nitrogens with one attached hydrogen (secondary N) is 1. The molecule has 0 fully saturated rings. The summed E-state index contributed by atoms with van der Waals surface area (Å²) in [7, 11) is 1.25. The average Bonchev–Trinajstić information content (AvgIpc) is 3.09. The predicted molar refractivity (Wildman–Crippen MR) is 62.0 cm³/mol. The molecule has 100 valence electrons. The van der Waals surface area contributed by atoms with Gasteiger partial charge < -0.3 is 19.1 Å². The van der Waals surface area contributed by atoms with E-state index in [-0.39, 0.29) is 12.3 Å². The standard InChI is InChI=1S/C11H12N4O4/c1-18-11(17)8(6-15-5-4-12-7-15)14-10(16)9-2-3-13-19-9/h2-5,7-8H,6H2,1H3,(H,14,16)/t8-/m0/s1. The Morgan fingerprint density at radius 3 is 2.95 bits per heavy atom. The molecule has 0 unspecified atom stereocenters. The minimum atomic E-state index is -0.836. The largest absolute Gasteiger partial charge is 0.467 e. The number of rotatable bonds is 5. The van der Waals surface area contributed by atoms with E-state index in [1.807, 2.05) is 0 Å². The fraction of sp³-hybridized carbons (Fsp3) is 0.273. The SMILES string of the molecule is COC(=O)[C@H](Cn1ccnc1)NC(=O)c1ccno1. The smallest absolute Gasteiger partial charge is 0.330 e. The molecule has 2 aromatic rings. The van der Waals surface area contributed by atoms with Crippen molar-refractivity contribution in [3.8, 4) is 0 Å². The van der Waals surface area contributed by atoms with Crippen molar-refractivity contribution in [2.75, 3.05) is 7.11 Å². The number of esters is 1. The van der Waals surface area contributed by atoms with Gasteiger partial charge in [0.05, 0.1) is 26.2 Å². The summed E-state index contributed by atoms with van der Waals surface area (Å²) in [6, 6.07) is 0.567. The van der Waals surface area contributed by atoms with Crippen LogP contribution in [0.15, 0.2) is 35.5 Å². The van der Waals surface area contributed by atoms with Crippen LogP contribution in [0.25, 0.3) is 0 Å². The number of nitrogens with zero attached hydrogens (tertiary/aromatic N) is 3. The fourth-order valence-electron chi connectivity index (χ4n) is 1.49. The quantitative estimate of drug-likeness (QED) is 0.753. The molecule has 1 N–H and O–H groups in total. The molecule has 0 aromatic carbocycles. The third kappa shape index (κ3) is 3.18. The van der Waals surface area contributed by atoms with Crippen molar-refractivity contribution in [3.05, 3.63) is 36.7 Å². The van der Waals surface area contributed by atoms with E-state index in [1.165, 1.54) is 25.7 Å². The molecule has 0 aliphatic heterocycles. The maximum Gasteiger partial charge on any atom is 0.330 e. The zero-order valence-electron chi connectivity index (χ0n) is 10.1. The van der Waals surface area contributed by atoms with Crippen LogP contribution in [-0.2, 0) is 16.1 Å². The summed E-state index contributed by atoms with van der Waals surface area (Å²) >= 11 is 0. The molecule has 2 heterocycles. The molecule has 2 aromatic heterocycles. The summed E-state index contributed by atoms with van der Waals surface area (Å²) in [6.07, 6.45) is 6.14. The second-order valence-electron chi connectivity index (χ2n) is 3.69. The molecule has 8 heteroatoms. The molecule has 1 atom stereocenters. The highest BCUT2D eigenvalue weighted by Crippen LogP contribution is 2.00. The van der Waals surface area contributed by atoms with Crippen LogP contribution >= 0.6 is 0 Å². The number of amides is 1. The molecule has 19 heavy (non-hydrogen) atoms. The normalized spacial score (nSPS) is 11.8. The second kappa shape index (κ2) is 5.80. The monoisotopic (exact) mass is 264 g/mol. The number of hydrogen-bond donors (Lipinski definition) is 1. The van der Waals surface area contributed by atoms with Crippen molar-refractivity contribution < 1.29 is 18.8 Å². The topological polar surface area (TPSA) is 99.2 Å². The molecule has 2 rings (SSSR count). The molecular weight excluding hydrogens is 252 g/mol. The molecular formula is C11H12N4O4. The van der Waals surface area contributed by atoms with Gasteiger partial charge in [-0.25, -0.2) is 9.78 Å². The van der Waals surface area contributed by atoms with Gasteiger partial charge in [-0.15, -0.1) is 0 Å². The van der Waals surface area contributed by atoms with E-state index >= 15 is 0 Å². The van der Waals surface area contributed by atoms with Gasteiger partial charge in [-0.1, -0.05) is 5.16 Å². The first-order valence-electron chi connectivity index (χ1n) is 5.46. The minimum Gasteiger partial charge on any atom is -0.467 e. The lowest BCUT2D eigenvalue weighted by molar-refractivity contribution is -0.143. The van der Waals surface area contributed by atoms with Crippen molar-refractivity contribution in [1.82, 2.24) is 20.0 Å². The highest BCUT2D eigenvalue weighted by atomic mass is 16.5. The number of methoxy groups -OCH3 is 1. The second-order valence-corrected chi connectivity index (χ2v) is 3.69. The average molecular weight is 264 g/mol. The summed E-state index contributed by atoms with van der Waals surface area (Å²) in [5.74, 6) is -1.06. The van der Waals surface area contributed by atoms with Gasteiger partial charge in [-0.3, -0.25) is 4.79 Å². The van der Waals surface area contributed by atoms with E-state index in [4.69, 9.17) is 4.52 Å². The van der Waals surface area contributed by atoms with Gasteiger partial charge in [-0.05, 0) is 0 Å². The summed E-state index contributed by atoms with van der Waals surface area (Å²) in [5.41, 5.74) is 0. The van der Waals surface area contributed by atoms with E-state index < -0.39 is 17.9 Å². The third-order valence-electron chi connectivity index (χ3n) is 2.41. The van der Waals surface area contributed by atoms with Crippen LogP contribution < -0.4 is 5.32 Å². The zero-order valence-corrected chi connectivity index (χ0v) is 10.1. The van der Waals surface area contributed by atoms with Gasteiger partial charge >= 0.3 is 5.97 Å². The molecule has 0 aliphatic carbocycles. The molecule has 0 aliphatic rings. The van der Waals surface area contributed by atoms with Gasteiger partial charge in [0.2, 0.25) is 5.76 Å². The Hall–Kier alpha value is -2.64. The minimum absolute atomic E-state index is 0.0273. The van der Waals surface area contributed by atoms with E-state index in [1.54, 1.807) is 17.0 Å². The lowest BCUT2D eigenvalue weighted by Crippen LogP contribution is -2.44. The van der Waals surface area contributed by atoms with Crippen molar-refractivity contribution in [2.45, 2.75) is 12.6 Å². The predicted octanol–water partition coefficient (Wildman–Crippen LogP) is -0.157. The van der Waals surface area contributed by atoms with Crippen molar-refractivity contribution in [3.63, 3.8) is 0 Å². The Bertz CT molecular complexity index is 535. The molecule has 8 nitrogen and oxygen atoms in total. The number of carbonyl (C=O) groups is 2. The summed E-state index contributed by atoms with van der Waals surface area (Å²) in [6.45, 7) is 0.215. The Kier molecular flexibility index (Phi) is 3.91. The van der Waals surface area contributed by atoms with E-state index in [0.717, 1.165) is 0 Å².